The number of hydrogen-bond donors (Lipinski definition) is 1. The third-order valence-electron chi connectivity index (χ3n) is 5.17. The van der Waals surface area contributed by atoms with Gasteiger partial charge in [-0.25, -0.2) is 0 Å². The fraction of sp³-hybridized carbons (Fsp3) is 0.400. The van der Waals surface area contributed by atoms with Gasteiger partial charge in [-0.15, -0.1) is 0 Å². The van der Waals surface area contributed by atoms with E-state index in [2.05, 4.69) is 21.8 Å². The number of allylic oxidation sites excluding steroid dienone is 3. The molecule has 1 saturated heterocycles. The van der Waals surface area contributed by atoms with Gasteiger partial charge in [0.1, 0.15) is 18.1 Å². The lowest BCUT2D eigenvalue weighted by Gasteiger charge is -2.20. The zero-order chi connectivity index (χ0) is 22.6. The summed E-state index contributed by atoms with van der Waals surface area (Å²) in [5.41, 5.74) is 1.86. The Hall–Kier alpha value is -3.03. The molecule has 7 heteroatoms. The van der Waals surface area contributed by atoms with Crippen LogP contribution in [0.4, 0.5) is 5.69 Å². The highest BCUT2D eigenvalue weighted by Gasteiger charge is 2.13. The van der Waals surface area contributed by atoms with Crippen LogP contribution in [0.15, 0.2) is 77.0 Å². The van der Waals surface area contributed by atoms with Gasteiger partial charge in [-0.2, -0.15) is 0 Å². The summed E-state index contributed by atoms with van der Waals surface area (Å²) in [6, 6.07) is 7.82. The van der Waals surface area contributed by atoms with Crippen molar-refractivity contribution in [1.29, 1.82) is 0 Å². The van der Waals surface area contributed by atoms with Crippen molar-refractivity contribution in [2.45, 2.75) is 12.8 Å². The topological polar surface area (TPSA) is 64.5 Å². The van der Waals surface area contributed by atoms with E-state index in [0.717, 1.165) is 62.2 Å². The fourth-order valence-corrected chi connectivity index (χ4v) is 3.42. The van der Waals surface area contributed by atoms with E-state index in [1.165, 1.54) is 0 Å². The molecule has 32 heavy (non-hydrogen) atoms. The van der Waals surface area contributed by atoms with E-state index in [1.807, 2.05) is 43.5 Å². The van der Waals surface area contributed by atoms with Crippen LogP contribution in [0.5, 0.6) is 5.75 Å². The van der Waals surface area contributed by atoms with Gasteiger partial charge >= 0.3 is 0 Å². The number of nitrogens with zero attached hydrogens (tertiary/aromatic N) is 2. The Morgan fingerprint density at radius 2 is 2.06 bits per heavy atom. The maximum Gasteiger partial charge on any atom is 0.163 e. The predicted octanol–water partition coefficient (Wildman–Crippen LogP) is 4.13. The number of anilines is 1. The molecule has 0 spiro atoms. The zero-order valence-electron chi connectivity index (χ0n) is 19.0. The van der Waals surface area contributed by atoms with Gasteiger partial charge in [0.2, 0.25) is 0 Å². The van der Waals surface area contributed by atoms with Crippen molar-refractivity contribution in [3.8, 4) is 5.75 Å². The monoisotopic (exact) mass is 439 g/mol. The molecule has 2 aliphatic heterocycles. The van der Waals surface area contributed by atoms with Gasteiger partial charge in [0.25, 0.3) is 0 Å². The molecule has 0 bridgehead atoms. The zero-order valence-corrected chi connectivity index (χ0v) is 19.0. The van der Waals surface area contributed by atoms with Crippen LogP contribution >= 0.6 is 0 Å². The molecule has 2 aliphatic rings. The molecule has 1 N–H and O–H groups in total. The van der Waals surface area contributed by atoms with E-state index in [0.29, 0.717) is 24.5 Å². The van der Waals surface area contributed by atoms with Gasteiger partial charge in [0, 0.05) is 57.7 Å². The SMILES string of the molecule is C=C/C(OC)=C(\C=C1/CC(Oc2ccc(NC)cc2)=CC=N1)OCCN1CCCOCC1. The smallest absolute Gasteiger partial charge is 0.163 e. The minimum Gasteiger partial charge on any atom is -0.493 e. The Labute approximate surface area is 190 Å². The molecule has 1 aromatic rings. The summed E-state index contributed by atoms with van der Waals surface area (Å²) in [6.45, 7) is 8.75. The van der Waals surface area contributed by atoms with Gasteiger partial charge < -0.3 is 24.3 Å². The number of aliphatic imine (C=N–C) groups is 1. The van der Waals surface area contributed by atoms with Gasteiger partial charge in [-0.1, -0.05) is 6.58 Å². The molecule has 0 radical (unpaired) electrons. The van der Waals surface area contributed by atoms with E-state index in [4.69, 9.17) is 18.9 Å². The van der Waals surface area contributed by atoms with Gasteiger partial charge in [-0.05, 0) is 42.8 Å². The summed E-state index contributed by atoms with van der Waals surface area (Å²) < 4.78 is 23.1. The average molecular weight is 440 g/mol. The molecule has 3 rings (SSSR count). The Morgan fingerprint density at radius 1 is 1.22 bits per heavy atom. The highest BCUT2D eigenvalue weighted by Crippen LogP contribution is 2.24. The summed E-state index contributed by atoms with van der Waals surface area (Å²) in [5.74, 6) is 2.78. The van der Waals surface area contributed by atoms with E-state index < -0.39 is 0 Å². The third-order valence-corrected chi connectivity index (χ3v) is 5.17. The van der Waals surface area contributed by atoms with Crippen molar-refractivity contribution in [3.63, 3.8) is 0 Å². The van der Waals surface area contributed by atoms with Crippen LogP contribution in [0.2, 0.25) is 0 Å². The molecule has 0 amide bonds. The van der Waals surface area contributed by atoms with E-state index in [9.17, 15) is 0 Å². The van der Waals surface area contributed by atoms with Crippen molar-refractivity contribution in [3.05, 3.63) is 72.0 Å². The molecule has 0 atom stereocenters. The van der Waals surface area contributed by atoms with Crippen LogP contribution in [0, 0.1) is 0 Å². The molecule has 0 aliphatic carbocycles. The summed E-state index contributed by atoms with van der Waals surface area (Å²) >= 11 is 0. The van der Waals surface area contributed by atoms with Crippen molar-refractivity contribution in [2.24, 2.45) is 4.99 Å². The molecular weight excluding hydrogens is 406 g/mol. The van der Waals surface area contributed by atoms with Crippen molar-refractivity contribution < 1.29 is 18.9 Å². The molecule has 0 unspecified atom stereocenters. The first kappa shape index (κ1) is 23.6. The van der Waals surface area contributed by atoms with Crippen molar-refractivity contribution >= 4 is 11.9 Å². The number of ether oxygens (including phenoxy) is 4. The number of nitrogens with one attached hydrogen (secondary N) is 1. The van der Waals surface area contributed by atoms with Gasteiger partial charge in [0.05, 0.1) is 19.4 Å². The first-order chi connectivity index (χ1) is 15.7. The fourth-order valence-electron chi connectivity index (χ4n) is 3.42. The van der Waals surface area contributed by atoms with E-state index in [1.54, 1.807) is 19.4 Å². The lowest BCUT2D eigenvalue weighted by Crippen LogP contribution is -2.30. The van der Waals surface area contributed by atoms with Gasteiger partial charge in [0.15, 0.2) is 11.5 Å². The van der Waals surface area contributed by atoms with E-state index >= 15 is 0 Å². The minimum absolute atomic E-state index is 0.542. The van der Waals surface area contributed by atoms with Crippen LogP contribution in [-0.4, -0.2) is 64.7 Å². The lowest BCUT2D eigenvalue weighted by atomic mass is 10.2. The number of dihydropyridines is 1. The third kappa shape index (κ3) is 7.28. The summed E-state index contributed by atoms with van der Waals surface area (Å²) in [7, 11) is 3.50. The maximum absolute atomic E-state index is 6.09. The van der Waals surface area contributed by atoms with Crippen LogP contribution < -0.4 is 10.1 Å². The predicted molar refractivity (Wildman–Crippen MR) is 128 cm³/mol. The second-order valence-electron chi connectivity index (χ2n) is 7.39. The minimum atomic E-state index is 0.542. The van der Waals surface area contributed by atoms with Crippen molar-refractivity contribution in [2.75, 3.05) is 58.9 Å². The summed E-state index contributed by atoms with van der Waals surface area (Å²) in [5, 5.41) is 3.10. The molecule has 0 saturated carbocycles. The summed E-state index contributed by atoms with van der Waals surface area (Å²) in [6.07, 6.45) is 8.75. The normalized spacial score (nSPS) is 18.9. The first-order valence-corrected chi connectivity index (χ1v) is 10.9. The van der Waals surface area contributed by atoms with Crippen molar-refractivity contribution in [1.82, 2.24) is 4.90 Å². The number of methoxy groups -OCH3 is 1. The molecule has 0 aromatic heterocycles. The molecule has 2 heterocycles. The number of rotatable bonds is 10. The highest BCUT2D eigenvalue weighted by molar-refractivity contribution is 5.74. The van der Waals surface area contributed by atoms with Crippen LogP contribution in [0.3, 0.4) is 0 Å². The Balaban J connectivity index is 1.63. The molecule has 172 valence electrons. The second-order valence-corrected chi connectivity index (χ2v) is 7.39. The van der Waals surface area contributed by atoms with Crippen LogP contribution in [0.25, 0.3) is 0 Å². The average Bonchev–Trinajstić information content (AvgIpc) is 3.09. The second kappa shape index (κ2) is 12.7. The number of benzene rings is 1. The lowest BCUT2D eigenvalue weighted by molar-refractivity contribution is 0.127. The molecular formula is C25H33N3O4. The van der Waals surface area contributed by atoms with Crippen LogP contribution in [0.1, 0.15) is 12.8 Å². The Morgan fingerprint density at radius 3 is 2.81 bits per heavy atom. The molecule has 7 nitrogen and oxygen atoms in total. The maximum atomic E-state index is 6.09. The van der Waals surface area contributed by atoms with E-state index in [-0.39, 0.29) is 0 Å². The standard InChI is InChI=1S/C25H33N3O4/c1-4-24(29-3)25(31-17-14-28-12-5-15-30-16-13-28)19-21-18-23(10-11-27-21)32-22-8-6-20(26-2)7-9-22/h4,6-11,19,26H,1,5,12-18H2,2-3H3/b21-19+,25-24-. The Kier molecular flexibility index (Phi) is 9.40. The first-order valence-electron chi connectivity index (χ1n) is 10.9. The van der Waals surface area contributed by atoms with Gasteiger partial charge in [-0.3, -0.25) is 9.89 Å². The number of hydrogen-bond acceptors (Lipinski definition) is 7. The Bertz CT molecular complexity index is 864. The van der Waals surface area contributed by atoms with Crippen LogP contribution in [-0.2, 0) is 14.2 Å². The summed E-state index contributed by atoms with van der Waals surface area (Å²) in [4.78, 5) is 6.84. The highest BCUT2D eigenvalue weighted by atomic mass is 16.5. The molecule has 1 fully saturated rings. The molecule has 1 aromatic carbocycles. The quantitative estimate of drug-likeness (QED) is 0.437. The largest absolute Gasteiger partial charge is 0.493 e.